The summed E-state index contributed by atoms with van der Waals surface area (Å²) in [5.74, 6) is -0.821. The van der Waals surface area contributed by atoms with Crippen LogP contribution in [0, 0.1) is 0 Å². The van der Waals surface area contributed by atoms with E-state index >= 15 is 0 Å². The van der Waals surface area contributed by atoms with E-state index in [0.29, 0.717) is 29.8 Å². The molecule has 2 aromatic heterocycles. The van der Waals surface area contributed by atoms with Crippen molar-refractivity contribution < 1.29 is 13.6 Å². The third-order valence-corrected chi connectivity index (χ3v) is 5.61. The molecule has 4 rings (SSSR count). The van der Waals surface area contributed by atoms with Crippen LogP contribution in [-0.2, 0) is 0 Å². The summed E-state index contributed by atoms with van der Waals surface area (Å²) in [7, 11) is 0. The molecule has 4 aromatic rings. The second-order valence-electron chi connectivity index (χ2n) is 5.84. The van der Waals surface area contributed by atoms with Crippen molar-refractivity contribution in [3.8, 4) is 0 Å². The Morgan fingerprint density at radius 2 is 1.11 bits per heavy atom. The molecule has 0 N–H and O–H groups in total. The van der Waals surface area contributed by atoms with Crippen molar-refractivity contribution in [2.45, 2.75) is 0 Å². The van der Waals surface area contributed by atoms with Gasteiger partial charge in [-0.2, -0.15) is 0 Å². The molecule has 0 amide bonds. The largest absolute Gasteiger partial charge is 0.421 e. The Balaban J connectivity index is 1.95. The molecule has 2 heterocycles. The SMILES string of the molecule is O=C(c1cc2cc(Cl)cc(Br)c2oc1=O)c1cc2cc(Cl)cc(Br)c2oc1=O. The summed E-state index contributed by atoms with van der Waals surface area (Å²) in [4.78, 5) is 37.6. The van der Waals surface area contributed by atoms with Gasteiger partial charge in [-0.15, -0.1) is 0 Å². The van der Waals surface area contributed by atoms with Gasteiger partial charge in [0.05, 0.1) is 8.95 Å². The molecule has 5 nitrogen and oxygen atoms in total. The highest BCUT2D eigenvalue weighted by atomic mass is 79.9. The van der Waals surface area contributed by atoms with E-state index in [4.69, 9.17) is 32.0 Å². The third-order valence-electron chi connectivity index (χ3n) is 3.99. The van der Waals surface area contributed by atoms with Crippen LogP contribution in [0.4, 0.5) is 0 Å². The van der Waals surface area contributed by atoms with Gasteiger partial charge in [-0.3, -0.25) is 4.79 Å². The maximum absolute atomic E-state index is 12.9. The first-order chi connectivity index (χ1) is 13.2. The van der Waals surface area contributed by atoms with Crippen LogP contribution in [0.5, 0.6) is 0 Å². The molecule has 0 fully saturated rings. The summed E-state index contributed by atoms with van der Waals surface area (Å²) in [6.45, 7) is 0. The first-order valence-corrected chi connectivity index (χ1v) is 9.99. The predicted octanol–water partition coefficient (Wildman–Crippen LogP) is 5.96. The van der Waals surface area contributed by atoms with E-state index in [1.807, 2.05) is 0 Å². The number of rotatable bonds is 2. The molecule has 0 aliphatic carbocycles. The van der Waals surface area contributed by atoms with Crippen LogP contribution in [0.1, 0.15) is 15.9 Å². The molecular formula is C19H6Br2Cl2O5. The molecule has 0 spiro atoms. The summed E-state index contributed by atoms with van der Waals surface area (Å²) < 4.78 is 11.4. The lowest BCUT2D eigenvalue weighted by Crippen LogP contribution is -2.21. The van der Waals surface area contributed by atoms with E-state index < -0.39 is 17.0 Å². The Bertz CT molecular complexity index is 1320. The van der Waals surface area contributed by atoms with Crippen LogP contribution in [-0.4, -0.2) is 5.78 Å². The van der Waals surface area contributed by atoms with Gasteiger partial charge in [0.2, 0.25) is 5.78 Å². The zero-order valence-corrected chi connectivity index (χ0v) is 18.2. The summed E-state index contributed by atoms with van der Waals surface area (Å²) in [5, 5.41) is 1.63. The number of fused-ring (bicyclic) bond motifs is 2. The van der Waals surface area contributed by atoms with Crippen molar-refractivity contribution >= 4 is 82.8 Å². The first-order valence-electron chi connectivity index (χ1n) is 7.65. The summed E-state index contributed by atoms with van der Waals surface area (Å²) >= 11 is 18.5. The number of carbonyl (C=O) groups excluding carboxylic acids is 1. The lowest BCUT2D eigenvalue weighted by Gasteiger charge is -2.05. The van der Waals surface area contributed by atoms with Gasteiger partial charge >= 0.3 is 11.3 Å². The summed E-state index contributed by atoms with van der Waals surface area (Å²) in [6, 6.07) is 8.87. The van der Waals surface area contributed by atoms with Crippen molar-refractivity contribution in [3.05, 3.63) is 87.4 Å². The standard InChI is InChI=1S/C19H6Br2Cl2O5/c20-13-5-9(22)1-7-3-11(18(25)27-16(7)13)15(24)12-4-8-2-10(23)6-14(21)17(8)28-19(12)26/h1-6H. The van der Waals surface area contributed by atoms with Gasteiger partial charge in [0.25, 0.3) is 0 Å². The van der Waals surface area contributed by atoms with Gasteiger partial charge in [-0.05, 0) is 68.3 Å². The zero-order valence-electron chi connectivity index (χ0n) is 13.5. The van der Waals surface area contributed by atoms with Gasteiger partial charge in [0.15, 0.2) is 11.2 Å². The van der Waals surface area contributed by atoms with Gasteiger partial charge in [0, 0.05) is 20.8 Å². The molecule has 0 aliphatic heterocycles. The highest BCUT2D eigenvalue weighted by molar-refractivity contribution is 9.11. The Morgan fingerprint density at radius 3 is 1.50 bits per heavy atom. The lowest BCUT2D eigenvalue weighted by atomic mass is 10.0. The zero-order chi connectivity index (χ0) is 20.2. The number of hydrogen-bond donors (Lipinski definition) is 0. The average Bonchev–Trinajstić information content (AvgIpc) is 2.61. The van der Waals surface area contributed by atoms with Crippen molar-refractivity contribution in [3.63, 3.8) is 0 Å². The Morgan fingerprint density at radius 1 is 0.714 bits per heavy atom. The summed E-state index contributed by atoms with van der Waals surface area (Å²) in [5.41, 5.74) is -1.90. The normalized spacial score (nSPS) is 11.3. The monoisotopic (exact) mass is 542 g/mol. The Labute approximate surface area is 183 Å². The minimum Gasteiger partial charge on any atom is -0.421 e. The predicted molar refractivity (Wildman–Crippen MR) is 114 cm³/mol. The van der Waals surface area contributed by atoms with Gasteiger partial charge in [-0.25, -0.2) is 9.59 Å². The quantitative estimate of drug-likeness (QED) is 0.230. The minimum absolute atomic E-state index is 0.243. The van der Waals surface area contributed by atoms with Crippen LogP contribution in [0.3, 0.4) is 0 Å². The van der Waals surface area contributed by atoms with Crippen LogP contribution < -0.4 is 11.3 Å². The minimum atomic E-state index is -0.882. The third kappa shape index (κ3) is 3.33. The molecule has 140 valence electrons. The summed E-state index contributed by atoms with van der Waals surface area (Å²) in [6.07, 6.45) is 0. The molecule has 2 aromatic carbocycles. The van der Waals surface area contributed by atoms with Gasteiger partial charge < -0.3 is 8.83 Å². The number of benzene rings is 2. The molecular weight excluding hydrogens is 539 g/mol. The fraction of sp³-hybridized carbons (Fsp3) is 0. The van der Waals surface area contributed by atoms with E-state index in [2.05, 4.69) is 31.9 Å². The smallest absolute Gasteiger partial charge is 0.347 e. The first kappa shape index (κ1) is 19.4. The Kier molecular flexibility index (Phi) is 4.95. The van der Waals surface area contributed by atoms with E-state index in [1.54, 1.807) is 24.3 Å². The Hall–Kier alpha value is -1.93. The maximum atomic E-state index is 12.9. The van der Waals surface area contributed by atoms with Crippen molar-refractivity contribution in [2.75, 3.05) is 0 Å². The highest BCUT2D eigenvalue weighted by Gasteiger charge is 2.22. The van der Waals surface area contributed by atoms with Crippen molar-refractivity contribution in [1.29, 1.82) is 0 Å². The van der Waals surface area contributed by atoms with Crippen molar-refractivity contribution in [2.24, 2.45) is 0 Å². The fourth-order valence-corrected chi connectivity index (χ4v) is 4.61. The molecule has 0 atom stereocenters. The van der Waals surface area contributed by atoms with E-state index in [0.717, 1.165) is 0 Å². The molecule has 0 radical (unpaired) electrons. The number of ketones is 1. The molecule has 0 bridgehead atoms. The fourth-order valence-electron chi connectivity index (χ4n) is 2.78. The van der Waals surface area contributed by atoms with E-state index in [1.165, 1.54) is 12.1 Å². The van der Waals surface area contributed by atoms with Crippen LogP contribution >= 0.6 is 55.1 Å². The molecule has 28 heavy (non-hydrogen) atoms. The molecule has 0 unspecified atom stereocenters. The van der Waals surface area contributed by atoms with E-state index in [-0.39, 0.29) is 22.3 Å². The molecule has 0 aliphatic rings. The van der Waals surface area contributed by atoms with Gasteiger partial charge in [0.1, 0.15) is 11.1 Å². The number of halogens is 4. The van der Waals surface area contributed by atoms with Crippen LogP contribution in [0.2, 0.25) is 10.0 Å². The number of carbonyl (C=O) groups is 1. The maximum Gasteiger partial charge on any atom is 0.347 e. The van der Waals surface area contributed by atoms with Crippen LogP contribution in [0.25, 0.3) is 21.9 Å². The van der Waals surface area contributed by atoms with Gasteiger partial charge in [-0.1, -0.05) is 23.2 Å². The second kappa shape index (κ2) is 7.15. The molecule has 0 saturated heterocycles. The molecule has 0 saturated carbocycles. The van der Waals surface area contributed by atoms with Crippen molar-refractivity contribution in [1.82, 2.24) is 0 Å². The van der Waals surface area contributed by atoms with E-state index in [9.17, 15) is 14.4 Å². The molecule has 9 heteroatoms. The average molecular weight is 545 g/mol. The number of hydrogen-bond acceptors (Lipinski definition) is 5. The topological polar surface area (TPSA) is 77.5 Å². The second-order valence-corrected chi connectivity index (χ2v) is 8.42. The highest BCUT2D eigenvalue weighted by Crippen LogP contribution is 2.30. The van der Waals surface area contributed by atoms with Crippen LogP contribution in [0.15, 0.2) is 63.8 Å². The lowest BCUT2D eigenvalue weighted by molar-refractivity contribution is 0.103.